The molecule has 5 nitrogen and oxygen atoms in total. The van der Waals surface area contributed by atoms with Gasteiger partial charge in [-0.3, -0.25) is 4.68 Å². The zero-order chi connectivity index (χ0) is 14.8. The lowest BCUT2D eigenvalue weighted by Crippen LogP contribution is -2.29. The highest BCUT2D eigenvalue weighted by Crippen LogP contribution is 2.21. The van der Waals surface area contributed by atoms with Crippen molar-refractivity contribution in [1.82, 2.24) is 24.6 Å². The standard InChI is InChI=1S/C15H22ClN5/c1-3-13-12(15(16)20(2)19-13)9-17-8-11-4-5-14-18-6-7-21(14)10-11/h6-7,11,17H,3-5,8-10H2,1-2H3. The van der Waals surface area contributed by atoms with Gasteiger partial charge in [-0.1, -0.05) is 18.5 Å². The van der Waals surface area contributed by atoms with Crippen molar-refractivity contribution in [3.05, 3.63) is 34.6 Å². The number of rotatable bonds is 5. The van der Waals surface area contributed by atoms with Crippen LogP contribution in [0.1, 0.15) is 30.4 Å². The second kappa shape index (κ2) is 6.20. The molecule has 0 saturated heterocycles. The van der Waals surface area contributed by atoms with Crippen molar-refractivity contribution in [3.8, 4) is 0 Å². The normalized spacial score (nSPS) is 18.0. The summed E-state index contributed by atoms with van der Waals surface area (Å²) in [7, 11) is 1.90. The SMILES string of the molecule is CCc1nn(C)c(Cl)c1CNCC1CCc2nccn2C1. The average Bonchev–Trinajstić information content (AvgIpc) is 3.05. The Morgan fingerprint density at radius 1 is 1.48 bits per heavy atom. The molecule has 2 aromatic heterocycles. The first kappa shape index (κ1) is 14.6. The summed E-state index contributed by atoms with van der Waals surface area (Å²) in [6.45, 7) is 4.97. The lowest BCUT2D eigenvalue weighted by Gasteiger charge is -2.24. The molecule has 21 heavy (non-hydrogen) atoms. The molecule has 0 aromatic carbocycles. The molecule has 1 N–H and O–H groups in total. The third kappa shape index (κ3) is 2.99. The molecular weight excluding hydrogens is 286 g/mol. The van der Waals surface area contributed by atoms with Crippen molar-refractivity contribution in [3.63, 3.8) is 0 Å². The van der Waals surface area contributed by atoms with Gasteiger partial charge in [0, 0.05) is 44.5 Å². The molecule has 2 aromatic rings. The highest BCUT2D eigenvalue weighted by atomic mass is 35.5. The van der Waals surface area contributed by atoms with Gasteiger partial charge in [0.1, 0.15) is 11.0 Å². The fourth-order valence-electron chi connectivity index (χ4n) is 3.06. The molecule has 1 atom stereocenters. The first-order valence-electron chi connectivity index (χ1n) is 7.60. The van der Waals surface area contributed by atoms with Crippen molar-refractivity contribution in [2.75, 3.05) is 6.54 Å². The van der Waals surface area contributed by atoms with Crippen LogP contribution in [-0.4, -0.2) is 25.9 Å². The Labute approximate surface area is 130 Å². The maximum atomic E-state index is 6.31. The Hall–Kier alpha value is -1.33. The predicted octanol–water partition coefficient (Wildman–Crippen LogP) is 2.18. The van der Waals surface area contributed by atoms with E-state index >= 15 is 0 Å². The molecular formula is C15H22ClN5. The van der Waals surface area contributed by atoms with Gasteiger partial charge in [0.25, 0.3) is 0 Å². The Morgan fingerprint density at radius 3 is 3.14 bits per heavy atom. The van der Waals surface area contributed by atoms with Crippen molar-refractivity contribution in [2.45, 2.75) is 39.3 Å². The Bertz CT molecular complexity index is 616. The Morgan fingerprint density at radius 2 is 2.33 bits per heavy atom. The molecule has 6 heteroatoms. The molecule has 1 aliphatic heterocycles. The Balaban J connectivity index is 1.55. The lowest BCUT2D eigenvalue weighted by molar-refractivity contribution is 0.347. The van der Waals surface area contributed by atoms with Crippen LogP contribution in [-0.2, 0) is 33.0 Å². The lowest BCUT2D eigenvalue weighted by atomic mass is 9.99. The molecule has 3 heterocycles. The number of aryl methyl sites for hydroxylation is 3. The number of nitrogens with one attached hydrogen (secondary N) is 1. The minimum Gasteiger partial charge on any atom is -0.335 e. The third-order valence-corrected chi connectivity index (χ3v) is 4.73. The van der Waals surface area contributed by atoms with E-state index in [0.717, 1.165) is 48.9 Å². The smallest absolute Gasteiger partial charge is 0.131 e. The number of fused-ring (bicyclic) bond motifs is 1. The number of nitrogens with zero attached hydrogens (tertiary/aromatic N) is 4. The molecule has 0 spiro atoms. The van der Waals surface area contributed by atoms with Crippen LogP contribution in [0.4, 0.5) is 0 Å². The van der Waals surface area contributed by atoms with Crippen LogP contribution in [0.3, 0.4) is 0 Å². The number of hydrogen-bond donors (Lipinski definition) is 1. The van der Waals surface area contributed by atoms with Crippen molar-refractivity contribution in [1.29, 1.82) is 0 Å². The zero-order valence-electron chi connectivity index (χ0n) is 12.6. The third-order valence-electron chi connectivity index (χ3n) is 4.25. The molecule has 1 unspecified atom stereocenters. The van der Waals surface area contributed by atoms with Gasteiger partial charge in [0.05, 0.1) is 5.69 Å². The second-order valence-electron chi connectivity index (χ2n) is 5.72. The van der Waals surface area contributed by atoms with E-state index in [1.165, 1.54) is 12.2 Å². The van der Waals surface area contributed by atoms with Gasteiger partial charge in [-0.15, -0.1) is 0 Å². The summed E-state index contributed by atoms with van der Waals surface area (Å²) in [6, 6.07) is 0. The molecule has 0 bridgehead atoms. The summed E-state index contributed by atoms with van der Waals surface area (Å²) in [6.07, 6.45) is 7.17. The number of hydrogen-bond acceptors (Lipinski definition) is 3. The number of aromatic nitrogens is 4. The van der Waals surface area contributed by atoms with Gasteiger partial charge in [0.2, 0.25) is 0 Å². The van der Waals surface area contributed by atoms with Gasteiger partial charge in [0.15, 0.2) is 0 Å². The summed E-state index contributed by atoms with van der Waals surface area (Å²) in [5.74, 6) is 1.88. The number of halogens is 1. The fraction of sp³-hybridized carbons (Fsp3) is 0.600. The molecule has 0 aliphatic carbocycles. The summed E-state index contributed by atoms with van der Waals surface area (Å²) in [4.78, 5) is 4.37. The summed E-state index contributed by atoms with van der Waals surface area (Å²) < 4.78 is 4.03. The van der Waals surface area contributed by atoms with E-state index in [0.29, 0.717) is 5.92 Å². The van der Waals surface area contributed by atoms with E-state index in [1.807, 2.05) is 13.2 Å². The van der Waals surface area contributed by atoms with E-state index in [1.54, 1.807) is 4.68 Å². The molecule has 3 rings (SSSR count). The topological polar surface area (TPSA) is 47.7 Å². The average molecular weight is 308 g/mol. The van der Waals surface area contributed by atoms with Gasteiger partial charge in [-0.25, -0.2) is 4.98 Å². The number of imidazole rings is 1. The summed E-state index contributed by atoms with van der Waals surface area (Å²) >= 11 is 6.31. The van der Waals surface area contributed by atoms with Crippen LogP contribution in [0.5, 0.6) is 0 Å². The van der Waals surface area contributed by atoms with Crippen molar-refractivity contribution < 1.29 is 0 Å². The quantitative estimate of drug-likeness (QED) is 0.921. The van der Waals surface area contributed by atoms with Crippen LogP contribution < -0.4 is 5.32 Å². The highest BCUT2D eigenvalue weighted by Gasteiger charge is 2.19. The summed E-state index contributed by atoms with van der Waals surface area (Å²) in [5.41, 5.74) is 2.23. The van der Waals surface area contributed by atoms with Crippen molar-refractivity contribution in [2.24, 2.45) is 13.0 Å². The highest BCUT2D eigenvalue weighted by molar-refractivity contribution is 6.30. The first-order valence-corrected chi connectivity index (χ1v) is 7.97. The van der Waals surface area contributed by atoms with Gasteiger partial charge in [-0.05, 0) is 25.3 Å². The second-order valence-corrected chi connectivity index (χ2v) is 6.08. The molecule has 1 aliphatic rings. The molecule has 0 fully saturated rings. The largest absolute Gasteiger partial charge is 0.335 e. The fourth-order valence-corrected chi connectivity index (χ4v) is 3.28. The van der Waals surface area contributed by atoms with Crippen LogP contribution in [0.2, 0.25) is 5.15 Å². The van der Waals surface area contributed by atoms with Crippen LogP contribution >= 0.6 is 11.6 Å². The van der Waals surface area contributed by atoms with Gasteiger partial charge < -0.3 is 9.88 Å². The van der Waals surface area contributed by atoms with Crippen LogP contribution in [0.25, 0.3) is 0 Å². The monoisotopic (exact) mass is 307 g/mol. The maximum absolute atomic E-state index is 6.31. The van der Waals surface area contributed by atoms with E-state index < -0.39 is 0 Å². The minimum absolute atomic E-state index is 0.659. The van der Waals surface area contributed by atoms with Crippen molar-refractivity contribution >= 4 is 11.6 Å². The van der Waals surface area contributed by atoms with Gasteiger partial charge >= 0.3 is 0 Å². The van der Waals surface area contributed by atoms with E-state index in [2.05, 4.69) is 33.1 Å². The molecule has 0 radical (unpaired) electrons. The van der Waals surface area contributed by atoms with E-state index in [-0.39, 0.29) is 0 Å². The molecule has 114 valence electrons. The van der Waals surface area contributed by atoms with E-state index in [4.69, 9.17) is 11.6 Å². The first-order chi connectivity index (χ1) is 10.2. The van der Waals surface area contributed by atoms with Gasteiger partial charge in [-0.2, -0.15) is 5.10 Å². The van der Waals surface area contributed by atoms with Crippen LogP contribution in [0, 0.1) is 5.92 Å². The molecule has 0 amide bonds. The zero-order valence-corrected chi connectivity index (χ0v) is 13.4. The molecule has 0 saturated carbocycles. The van der Waals surface area contributed by atoms with Crippen LogP contribution in [0.15, 0.2) is 12.4 Å². The minimum atomic E-state index is 0.659. The predicted molar refractivity (Wildman–Crippen MR) is 83.3 cm³/mol. The Kier molecular flexibility index (Phi) is 4.31. The maximum Gasteiger partial charge on any atom is 0.131 e. The summed E-state index contributed by atoms with van der Waals surface area (Å²) in [5, 5.41) is 8.75. The van der Waals surface area contributed by atoms with E-state index in [9.17, 15) is 0 Å².